The lowest BCUT2D eigenvalue weighted by atomic mass is 10.1. The Bertz CT molecular complexity index is 1230. The lowest BCUT2D eigenvalue weighted by molar-refractivity contribution is 0.0953. The number of carbonyl (C=O) groups is 1. The van der Waals surface area contributed by atoms with Gasteiger partial charge in [-0.3, -0.25) is 19.7 Å². The summed E-state index contributed by atoms with van der Waals surface area (Å²) in [6.45, 7) is 2.68. The normalized spacial score (nSPS) is 11.2. The number of rotatable bonds is 5. The van der Waals surface area contributed by atoms with Crippen molar-refractivity contribution in [1.82, 2.24) is 20.1 Å². The SMILES string of the molecule is CCCCNC(=O)c1ccc2ncc3c(=O)n(-c4ccc(F)cc4)[nH]c3c2c1. The van der Waals surface area contributed by atoms with E-state index in [0.717, 1.165) is 12.8 Å². The molecular formula is C21H19FN4O2. The van der Waals surface area contributed by atoms with Gasteiger partial charge in [-0.15, -0.1) is 0 Å². The van der Waals surface area contributed by atoms with Crippen molar-refractivity contribution in [2.45, 2.75) is 19.8 Å². The van der Waals surface area contributed by atoms with Crippen molar-refractivity contribution in [2.24, 2.45) is 0 Å². The van der Waals surface area contributed by atoms with Gasteiger partial charge in [0.1, 0.15) is 5.82 Å². The smallest absolute Gasteiger partial charge is 0.280 e. The zero-order valence-electron chi connectivity index (χ0n) is 15.3. The Balaban J connectivity index is 1.83. The number of unbranched alkanes of at least 4 members (excludes halogenated alkanes) is 1. The summed E-state index contributed by atoms with van der Waals surface area (Å²) in [6, 6.07) is 10.8. The Morgan fingerprint density at radius 2 is 1.96 bits per heavy atom. The molecule has 0 aliphatic heterocycles. The highest BCUT2D eigenvalue weighted by Gasteiger charge is 2.14. The van der Waals surface area contributed by atoms with Crippen molar-refractivity contribution in [3.8, 4) is 5.69 Å². The van der Waals surface area contributed by atoms with E-state index < -0.39 is 0 Å². The topological polar surface area (TPSA) is 79.8 Å². The molecule has 4 aromatic rings. The predicted molar refractivity (Wildman–Crippen MR) is 106 cm³/mol. The van der Waals surface area contributed by atoms with E-state index in [2.05, 4.69) is 22.3 Å². The maximum absolute atomic E-state index is 13.2. The summed E-state index contributed by atoms with van der Waals surface area (Å²) >= 11 is 0. The van der Waals surface area contributed by atoms with Crippen molar-refractivity contribution in [3.63, 3.8) is 0 Å². The number of fused-ring (bicyclic) bond motifs is 3. The molecule has 6 nitrogen and oxygen atoms in total. The lowest BCUT2D eigenvalue weighted by Gasteiger charge is -2.06. The van der Waals surface area contributed by atoms with Crippen LogP contribution < -0.4 is 10.9 Å². The summed E-state index contributed by atoms with van der Waals surface area (Å²) in [5.41, 5.74) is 2.00. The van der Waals surface area contributed by atoms with Crippen LogP contribution in [0, 0.1) is 5.82 Å². The van der Waals surface area contributed by atoms with Crippen molar-refractivity contribution >= 4 is 27.7 Å². The molecule has 2 heterocycles. The molecule has 2 aromatic heterocycles. The summed E-state index contributed by atoms with van der Waals surface area (Å²) in [6.07, 6.45) is 3.43. The highest BCUT2D eigenvalue weighted by Crippen LogP contribution is 2.22. The number of carbonyl (C=O) groups excluding carboxylic acids is 1. The van der Waals surface area contributed by atoms with E-state index in [1.165, 1.54) is 35.1 Å². The van der Waals surface area contributed by atoms with E-state index in [1.54, 1.807) is 18.2 Å². The number of nitrogens with one attached hydrogen (secondary N) is 2. The van der Waals surface area contributed by atoms with Crippen molar-refractivity contribution < 1.29 is 9.18 Å². The fourth-order valence-corrected chi connectivity index (χ4v) is 3.15. The van der Waals surface area contributed by atoms with Crippen LogP contribution in [0.2, 0.25) is 0 Å². The number of halogens is 1. The Labute approximate surface area is 160 Å². The van der Waals surface area contributed by atoms with E-state index >= 15 is 0 Å². The Hall–Kier alpha value is -3.48. The van der Waals surface area contributed by atoms with E-state index in [-0.39, 0.29) is 17.3 Å². The van der Waals surface area contributed by atoms with Gasteiger partial charge in [-0.05, 0) is 48.9 Å². The van der Waals surface area contributed by atoms with Crippen LogP contribution in [0.3, 0.4) is 0 Å². The van der Waals surface area contributed by atoms with E-state index in [0.29, 0.717) is 39.6 Å². The van der Waals surface area contributed by atoms with E-state index in [4.69, 9.17) is 0 Å². The minimum Gasteiger partial charge on any atom is -0.352 e. The highest BCUT2D eigenvalue weighted by molar-refractivity contribution is 6.06. The lowest BCUT2D eigenvalue weighted by Crippen LogP contribution is -2.24. The fourth-order valence-electron chi connectivity index (χ4n) is 3.15. The monoisotopic (exact) mass is 378 g/mol. The van der Waals surface area contributed by atoms with Crippen LogP contribution in [0.1, 0.15) is 30.1 Å². The first-order valence-corrected chi connectivity index (χ1v) is 9.16. The maximum Gasteiger partial charge on any atom is 0.280 e. The molecule has 0 spiro atoms. The van der Waals surface area contributed by atoms with Crippen LogP contribution in [0.25, 0.3) is 27.5 Å². The molecule has 0 bridgehead atoms. The number of benzene rings is 2. The van der Waals surface area contributed by atoms with Gasteiger partial charge in [-0.2, -0.15) is 0 Å². The number of H-pyrrole nitrogens is 1. The number of hydrogen-bond acceptors (Lipinski definition) is 3. The maximum atomic E-state index is 13.2. The van der Waals surface area contributed by atoms with Crippen molar-refractivity contribution in [1.29, 1.82) is 0 Å². The third-order valence-electron chi connectivity index (χ3n) is 4.69. The van der Waals surface area contributed by atoms with Gasteiger partial charge in [0.25, 0.3) is 11.5 Å². The number of amides is 1. The van der Waals surface area contributed by atoms with Gasteiger partial charge in [0.15, 0.2) is 0 Å². The Morgan fingerprint density at radius 1 is 1.18 bits per heavy atom. The summed E-state index contributed by atoms with van der Waals surface area (Å²) in [5, 5.41) is 7.04. The molecule has 4 rings (SSSR count). The second-order valence-electron chi connectivity index (χ2n) is 6.62. The van der Waals surface area contributed by atoms with Crippen LogP contribution in [0.5, 0.6) is 0 Å². The molecule has 0 fully saturated rings. The summed E-state index contributed by atoms with van der Waals surface area (Å²) < 4.78 is 14.5. The zero-order chi connectivity index (χ0) is 19.7. The average molecular weight is 378 g/mol. The molecule has 1 amide bonds. The van der Waals surface area contributed by atoms with Gasteiger partial charge >= 0.3 is 0 Å². The standard InChI is InChI=1S/C21H19FN4O2/c1-2-3-10-23-20(27)13-4-9-18-16(11-13)19-17(12-24-18)21(28)26(25-19)15-7-5-14(22)6-8-15/h4-9,11-12,25H,2-3,10H2,1H3,(H,23,27). The highest BCUT2D eigenvalue weighted by atomic mass is 19.1. The molecule has 0 radical (unpaired) electrons. The molecule has 7 heteroatoms. The third-order valence-corrected chi connectivity index (χ3v) is 4.69. The minimum atomic E-state index is -0.376. The Morgan fingerprint density at radius 3 is 2.71 bits per heavy atom. The molecule has 0 saturated carbocycles. The van der Waals surface area contributed by atoms with Gasteiger partial charge in [0, 0.05) is 23.7 Å². The van der Waals surface area contributed by atoms with Crippen molar-refractivity contribution in [3.05, 3.63) is 70.4 Å². The molecule has 0 saturated heterocycles. The molecule has 0 aliphatic carbocycles. The second kappa shape index (κ2) is 7.26. The quantitative estimate of drug-likeness (QED) is 0.521. The zero-order valence-corrected chi connectivity index (χ0v) is 15.3. The van der Waals surface area contributed by atoms with E-state index in [1.807, 2.05) is 0 Å². The first kappa shape index (κ1) is 17.9. The van der Waals surface area contributed by atoms with Gasteiger partial charge in [-0.25, -0.2) is 9.07 Å². The van der Waals surface area contributed by atoms with E-state index in [9.17, 15) is 14.0 Å². The van der Waals surface area contributed by atoms with Gasteiger partial charge in [0.2, 0.25) is 0 Å². The average Bonchev–Trinajstić information content (AvgIpc) is 3.05. The van der Waals surface area contributed by atoms with Crippen LogP contribution in [-0.2, 0) is 0 Å². The Kier molecular flexibility index (Phi) is 4.65. The molecule has 0 unspecified atom stereocenters. The molecule has 0 aliphatic rings. The summed E-state index contributed by atoms with van der Waals surface area (Å²) in [7, 11) is 0. The molecule has 2 N–H and O–H groups in total. The summed E-state index contributed by atoms with van der Waals surface area (Å²) in [5.74, 6) is -0.536. The number of nitrogens with zero attached hydrogens (tertiary/aromatic N) is 2. The minimum absolute atomic E-state index is 0.160. The molecular weight excluding hydrogens is 359 g/mol. The van der Waals surface area contributed by atoms with Crippen LogP contribution in [0.15, 0.2) is 53.5 Å². The molecule has 0 atom stereocenters. The third kappa shape index (κ3) is 3.15. The van der Waals surface area contributed by atoms with Crippen molar-refractivity contribution in [2.75, 3.05) is 6.54 Å². The molecule has 28 heavy (non-hydrogen) atoms. The van der Waals surface area contributed by atoms with Crippen LogP contribution in [-0.4, -0.2) is 27.2 Å². The number of hydrogen-bond donors (Lipinski definition) is 2. The largest absolute Gasteiger partial charge is 0.352 e. The summed E-state index contributed by atoms with van der Waals surface area (Å²) in [4.78, 5) is 29.5. The fraction of sp³-hybridized carbons (Fsp3) is 0.190. The van der Waals surface area contributed by atoms with Crippen LogP contribution in [0.4, 0.5) is 4.39 Å². The number of aromatic amines is 1. The second-order valence-corrected chi connectivity index (χ2v) is 6.62. The molecule has 2 aromatic carbocycles. The van der Waals surface area contributed by atoms with Crippen LogP contribution >= 0.6 is 0 Å². The van der Waals surface area contributed by atoms with Gasteiger partial charge < -0.3 is 5.32 Å². The number of aromatic nitrogens is 3. The van der Waals surface area contributed by atoms with Gasteiger partial charge in [0.05, 0.1) is 22.1 Å². The van der Waals surface area contributed by atoms with Gasteiger partial charge in [-0.1, -0.05) is 13.3 Å². The molecule has 142 valence electrons. The first-order valence-electron chi connectivity index (χ1n) is 9.16. The number of pyridine rings is 1. The first-order chi connectivity index (χ1) is 13.6. The predicted octanol–water partition coefficient (Wildman–Crippen LogP) is 3.54.